The Labute approximate surface area is 119 Å². The van der Waals surface area contributed by atoms with E-state index in [4.69, 9.17) is 9.47 Å². The Morgan fingerprint density at radius 3 is 1.71 bits per heavy atom. The third-order valence-corrected chi connectivity index (χ3v) is 5.61. The van der Waals surface area contributed by atoms with Crippen LogP contribution < -0.4 is 0 Å². The second kappa shape index (κ2) is 7.36. The molecule has 0 rings (SSSR count). The van der Waals surface area contributed by atoms with Gasteiger partial charge in [0.1, 0.15) is 0 Å². The van der Waals surface area contributed by atoms with Crippen LogP contribution in [-0.4, -0.2) is 34.3 Å². The summed E-state index contributed by atoms with van der Waals surface area (Å²) in [6, 6.07) is 0. The Balaban J connectivity index is 5.19. The number of carbonyl (C=O) groups excluding carboxylic acids is 2. The van der Waals surface area contributed by atoms with Crippen LogP contribution in [0.1, 0.15) is 27.7 Å². The van der Waals surface area contributed by atoms with Gasteiger partial charge in [0.15, 0.2) is 0 Å². The Morgan fingerprint density at radius 2 is 1.47 bits per heavy atom. The zero-order valence-electron chi connectivity index (χ0n) is 10.5. The van der Waals surface area contributed by atoms with Crippen LogP contribution in [0.25, 0.3) is 0 Å². The predicted molar refractivity (Wildman–Crippen MR) is 72.5 cm³/mol. The molecule has 0 saturated heterocycles. The molecule has 100 valence electrons. The fraction of sp³-hybridized carbons (Fsp3) is 0.818. The SMILES string of the molecule is CCOC(=O)C(Br)(C(=O)OCC)C(Br)C(C)C. The van der Waals surface area contributed by atoms with E-state index in [1.54, 1.807) is 13.8 Å². The van der Waals surface area contributed by atoms with Gasteiger partial charge in [-0.25, -0.2) is 9.59 Å². The fourth-order valence-corrected chi connectivity index (χ4v) is 2.37. The van der Waals surface area contributed by atoms with Gasteiger partial charge in [0.05, 0.1) is 18.0 Å². The molecule has 1 atom stereocenters. The lowest BCUT2D eigenvalue weighted by Crippen LogP contribution is -2.52. The van der Waals surface area contributed by atoms with Crippen molar-refractivity contribution in [2.75, 3.05) is 13.2 Å². The first-order valence-electron chi connectivity index (χ1n) is 5.49. The van der Waals surface area contributed by atoms with E-state index < -0.39 is 21.1 Å². The molecule has 0 aromatic rings. The zero-order chi connectivity index (χ0) is 13.6. The molecule has 1 unspecified atom stereocenters. The molecule has 4 nitrogen and oxygen atoms in total. The van der Waals surface area contributed by atoms with E-state index in [9.17, 15) is 9.59 Å². The second-order valence-electron chi connectivity index (χ2n) is 3.80. The molecular formula is C11H18Br2O4. The van der Waals surface area contributed by atoms with E-state index in [0.29, 0.717) is 0 Å². The van der Waals surface area contributed by atoms with Crippen molar-refractivity contribution in [3.05, 3.63) is 0 Å². The molecule has 0 radical (unpaired) electrons. The molecule has 0 N–H and O–H groups in total. The van der Waals surface area contributed by atoms with Crippen molar-refractivity contribution in [1.82, 2.24) is 0 Å². The van der Waals surface area contributed by atoms with Crippen molar-refractivity contribution in [3.63, 3.8) is 0 Å². The van der Waals surface area contributed by atoms with E-state index in [-0.39, 0.29) is 19.1 Å². The Morgan fingerprint density at radius 1 is 1.12 bits per heavy atom. The molecule has 0 bridgehead atoms. The van der Waals surface area contributed by atoms with Crippen molar-refractivity contribution in [2.24, 2.45) is 5.92 Å². The van der Waals surface area contributed by atoms with E-state index >= 15 is 0 Å². The Hall–Kier alpha value is -0.100. The van der Waals surface area contributed by atoms with Gasteiger partial charge in [-0.15, -0.1) is 0 Å². The van der Waals surface area contributed by atoms with Crippen LogP contribution in [0.5, 0.6) is 0 Å². The van der Waals surface area contributed by atoms with Crippen LogP contribution in [0, 0.1) is 5.92 Å². The number of alkyl halides is 2. The van der Waals surface area contributed by atoms with Crippen LogP contribution in [0.15, 0.2) is 0 Å². The standard InChI is InChI=1S/C11H18Br2O4/c1-5-16-9(14)11(13,8(12)7(3)4)10(15)17-6-2/h7-8H,5-6H2,1-4H3. The molecule has 0 aliphatic carbocycles. The van der Waals surface area contributed by atoms with E-state index in [2.05, 4.69) is 31.9 Å². The minimum Gasteiger partial charge on any atom is -0.464 e. The summed E-state index contributed by atoms with van der Waals surface area (Å²) < 4.78 is 8.37. The first kappa shape index (κ1) is 16.9. The highest BCUT2D eigenvalue weighted by Crippen LogP contribution is 2.36. The van der Waals surface area contributed by atoms with E-state index in [0.717, 1.165) is 0 Å². The summed E-state index contributed by atoms with van der Waals surface area (Å²) in [4.78, 5) is 23.4. The molecule has 0 aromatic carbocycles. The number of halogens is 2. The third-order valence-electron chi connectivity index (χ3n) is 2.11. The number of hydrogen-bond acceptors (Lipinski definition) is 4. The molecule has 0 aromatic heterocycles. The number of carbonyl (C=O) groups is 2. The summed E-state index contributed by atoms with van der Waals surface area (Å²) in [7, 11) is 0. The molecule has 0 aliphatic rings. The maximum absolute atomic E-state index is 11.9. The maximum atomic E-state index is 11.9. The van der Waals surface area contributed by atoms with Crippen molar-refractivity contribution >= 4 is 43.8 Å². The molecule has 6 heteroatoms. The Bertz CT molecular complexity index is 261. The highest BCUT2D eigenvalue weighted by Gasteiger charge is 2.53. The summed E-state index contributed by atoms with van der Waals surface area (Å²) in [6.45, 7) is 7.60. The predicted octanol–water partition coefficient (Wildman–Crippen LogP) is 2.67. The van der Waals surface area contributed by atoms with Crippen LogP contribution in [0.4, 0.5) is 0 Å². The normalized spacial score (nSPS) is 13.4. The zero-order valence-corrected chi connectivity index (χ0v) is 13.6. The van der Waals surface area contributed by atoms with Gasteiger partial charge in [-0.3, -0.25) is 0 Å². The molecule has 0 saturated carbocycles. The van der Waals surface area contributed by atoms with Gasteiger partial charge in [-0.2, -0.15) is 0 Å². The van der Waals surface area contributed by atoms with Crippen molar-refractivity contribution < 1.29 is 19.1 Å². The summed E-state index contributed by atoms with van der Waals surface area (Å²) in [5.41, 5.74) is 0. The first-order valence-corrected chi connectivity index (χ1v) is 7.20. The van der Waals surface area contributed by atoms with Crippen LogP contribution in [-0.2, 0) is 19.1 Å². The summed E-state index contributed by atoms with van der Waals surface area (Å²) in [6.07, 6.45) is 0. The minimum absolute atomic E-state index is 0.0585. The van der Waals surface area contributed by atoms with Gasteiger partial charge in [0, 0.05) is 0 Å². The summed E-state index contributed by atoms with van der Waals surface area (Å²) >= 11 is 6.55. The average molecular weight is 374 g/mol. The lowest BCUT2D eigenvalue weighted by molar-refractivity contribution is -0.158. The van der Waals surface area contributed by atoms with E-state index in [1.807, 2.05) is 13.8 Å². The number of ether oxygens (including phenoxy) is 2. The third kappa shape index (κ3) is 3.95. The largest absolute Gasteiger partial charge is 0.464 e. The monoisotopic (exact) mass is 372 g/mol. The lowest BCUT2D eigenvalue weighted by atomic mass is 9.96. The quantitative estimate of drug-likeness (QED) is 0.408. The van der Waals surface area contributed by atoms with Crippen molar-refractivity contribution in [2.45, 2.75) is 36.8 Å². The first-order chi connectivity index (χ1) is 7.82. The fourth-order valence-electron chi connectivity index (χ4n) is 1.24. The van der Waals surface area contributed by atoms with Gasteiger partial charge in [0.25, 0.3) is 0 Å². The molecule has 0 heterocycles. The van der Waals surface area contributed by atoms with Crippen LogP contribution >= 0.6 is 31.9 Å². The van der Waals surface area contributed by atoms with Gasteiger partial charge >= 0.3 is 11.9 Å². The van der Waals surface area contributed by atoms with Gasteiger partial charge in [-0.05, 0) is 19.8 Å². The topological polar surface area (TPSA) is 52.6 Å². The average Bonchev–Trinajstić information content (AvgIpc) is 2.27. The minimum atomic E-state index is -1.49. The molecular weight excluding hydrogens is 356 g/mol. The molecule has 0 spiro atoms. The number of hydrogen-bond donors (Lipinski definition) is 0. The summed E-state index contributed by atoms with van der Waals surface area (Å²) in [5.74, 6) is -1.20. The van der Waals surface area contributed by atoms with Crippen molar-refractivity contribution in [3.8, 4) is 0 Å². The highest BCUT2D eigenvalue weighted by molar-refractivity contribution is 9.13. The molecule has 0 amide bonds. The number of rotatable bonds is 6. The maximum Gasteiger partial charge on any atom is 0.335 e. The molecule has 17 heavy (non-hydrogen) atoms. The molecule has 0 aliphatic heterocycles. The van der Waals surface area contributed by atoms with Crippen LogP contribution in [0.2, 0.25) is 0 Å². The van der Waals surface area contributed by atoms with Crippen LogP contribution in [0.3, 0.4) is 0 Å². The summed E-state index contributed by atoms with van der Waals surface area (Å²) in [5, 5.41) is 0. The second-order valence-corrected chi connectivity index (χ2v) is 6.04. The van der Waals surface area contributed by atoms with Gasteiger partial charge in [0.2, 0.25) is 4.32 Å². The Kier molecular flexibility index (Phi) is 7.32. The van der Waals surface area contributed by atoms with E-state index in [1.165, 1.54) is 0 Å². The number of esters is 2. The highest BCUT2D eigenvalue weighted by atomic mass is 79.9. The molecule has 0 fully saturated rings. The van der Waals surface area contributed by atoms with Crippen molar-refractivity contribution in [1.29, 1.82) is 0 Å². The van der Waals surface area contributed by atoms with Gasteiger partial charge in [-0.1, -0.05) is 45.7 Å². The smallest absolute Gasteiger partial charge is 0.335 e. The lowest BCUT2D eigenvalue weighted by Gasteiger charge is -2.30. The van der Waals surface area contributed by atoms with Gasteiger partial charge < -0.3 is 9.47 Å².